The van der Waals surface area contributed by atoms with Crippen molar-refractivity contribution in [3.05, 3.63) is 35.5 Å². The van der Waals surface area contributed by atoms with Crippen molar-refractivity contribution in [1.82, 2.24) is 24.6 Å². The predicted molar refractivity (Wildman–Crippen MR) is 124 cm³/mol. The third-order valence-corrected chi connectivity index (χ3v) is 6.34. The third kappa shape index (κ3) is 3.98. The molecule has 3 aromatic rings. The van der Waals surface area contributed by atoms with Gasteiger partial charge in [0.1, 0.15) is 16.8 Å². The zero-order valence-corrected chi connectivity index (χ0v) is 18.8. The molecule has 170 valence electrons. The number of fused-ring (bicyclic) bond motifs is 1. The normalized spacial score (nSPS) is 17.3. The lowest BCUT2D eigenvalue weighted by atomic mass is 9.78. The smallest absolute Gasteiger partial charge is 0.222 e. The number of methoxy groups -OCH3 is 1. The minimum Gasteiger partial charge on any atom is -0.496 e. The molecule has 4 heterocycles. The maximum absolute atomic E-state index is 5.91. The number of nitrogens with zero attached hydrogens (tertiary/aromatic N) is 5. The average Bonchev–Trinajstić information content (AvgIpc) is 3.12. The summed E-state index contributed by atoms with van der Waals surface area (Å²) in [6.45, 7) is 8.54. The molecule has 0 unspecified atom stereocenters. The van der Waals surface area contributed by atoms with Gasteiger partial charge in [0.25, 0.3) is 0 Å². The molecule has 9 nitrogen and oxygen atoms in total. The van der Waals surface area contributed by atoms with Crippen molar-refractivity contribution in [3.8, 4) is 5.75 Å². The Hall–Kier alpha value is -2.91. The number of likely N-dealkylation sites (tertiary alicyclic amines) is 1. The molecular formula is C23H31N7O2. The lowest BCUT2D eigenvalue weighted by molar-refractivity contribution is -0.191. The largest absolute Gasteiger partial charge is 0.496 e. The lowest BCUT2D eigenvalue weighted by Gasteiger charge is -2.55. The zero-order valence-electron chi connectivity index (χ0n) is 18.8. The molecule has 0 radical (unpaired) electrons. The van der Waals surface area contributed by atoms with Gasteiger partial charge in [-0.2, -0.15) is 10.1 Å². The molecule has 2 aliphatic rings. The number of hydrogen-bond acceptors (Lipinski definition) is 8. The molecule has 2 saturated heterocycles. The Morgan fingerprint density at radius 3 is 2.78 bits per heavy atom. The Morgan fingerprint density at radius 1 is 1.22 bits per heavy atom. The Bertz CT molecular complexity index is 1100. The number of hydrogen-bond donors (Lipinski definition) is 2. The van der Waals surface area contributed by atoms with Crippen LogP contribution in [0.5, 0.6) is 5.75 Å². The van der Waals surface area contributed by atoms with Crippen LogP contribution in [0, 0.1) is 5.41 Å². The molecule has 0 saturated carbocycles. The summed E-state index contributed by atoms with van der Waals surface area (Å²) >= 11 is 0. The topological polar surface area (TPSA) is 103 Å². The molecule has 2 aromatic heterocycles. The second kappa shape index (κ2) is 8.55. The number of benzene rings is 1. The van der Waals surface area contributed by atoms with Crippen LogP contribution < -0.4 is 15.8 Å². The highest BCUT2D eigenvalue weighted by Crippen LogP contribution is 2.38. The van der Waals surface area contributed by atoms with E-state index in [-0.39, 0.29) is 5.95 Å². The van der Waals surface area contributed by atoms with Crippen molar-refractivity contribution in [2.24, 2.45) is 5.41 Å². The number of aromatic nitrogens is 4. The van der Waals surface area contributed by atoms with E-state index >= 15 is 0 Å². The number of nitrogens with two attached hydrogens (primary N) is 1. The second-order valence-corrected chi connectivity index (χ2v) is 9.03. The van der Waals surface area contributed by atoms with E-state index in [0.29, 0.717) is 12.0 Å². The maximum atomic E-state index is 5.91. The SMILES string of the molecule is CCCCNc1nc(N)nc2cnn(Cc3ccc(CN4CC5(COC5)C4)cc3OC)c12. The van der Waals surface area contributed by atoms with E-state index < -0.39 is 0 Å². The van der Waals surface area contributed by atoms with Crippen LogP contribution in [0.4, 0.5) is 11.8 Å². The van der Waals surface area contributed by atoms with E-state index in [1.54, 1.807) is 13.3 Å². The zero-order chi connectivity index (χ0) is 22.1. The van der Waals surface area contributed by atoms with E-state index in [0.717, 1.165) is 80.4 Å². The number of ether oxygens (including phenoxy) is 2. The standard InChI is InChI=1S/C23H31N7O2/c1-3-4-7-25-21-20-18(27-22(24)28-21)9-26-30(20)11-17-6-5-16(8-19(17)31-2)10-29-12-23(13-29)14-32-15-23/h5-6,8-9H,3-4,7,10-15H2,1-2H3,(H3,24,25,27,28). The van der Waals surface area contributed by atoms with E-state index in [9.17, 15) is 0 Å². The van der Waals surface area contributed by atoms with Crippen LogP contribution in [-0.2, 0) is 17.8 Å². The molecule has 3 N–H and O–H groups in total. The molecule has 1 spiro atoms. The van der Waals surface area contributed by atoms with Crippen molar-refractivity contribution in [3.63, 3.8) is 0 Å². The van der Waals surface area contributed by atoms with Crippen molar-refractivity contribution in [2.75, 3.05) is 51.0 Å². The lowest BCUT2D eigenvalue weighted by Crippen LogP contribution is -2.65. The van der Waals surface area contributed by atoms with Gasteiger partial charge in [-0.25, -0.2) is 4.98 Å². The fourth-order valence-electron chi connectivity index (χ4n) is 4.67. The fourth-order valence-corrected chi connectivity index (χ4v) is 4.67. The van der Waals surface area contributed by atoms with Gasteiger partial charge >= 0.3 is 0 Å². The van der Waals surface area contributed by atoms with E-state index in [4.69, 9.17) is 15.2 Å². The van der Waals surface area contributed by atoms with E-state index in [1.807, 2.05) is 4.68 Å². The molecule has 9 heteroatoms. The predicted octanol–water partition coefficient (Wildman–Crippen LogP) is 2.51. The minimum absolute atomic E-state index is 0.249. The molecule has 2 fully saturated rings. The highest BCUT2D eigenvalue weighted by atomic mass is 16.5. The molecular weight excluding hydrogens is 406 g/mol. The van der Waals surface area contributed by atoms with Gasteiger partial charge < -0.3 is 20.5 Å². The first-order valence-electron chi connectivity index (χ1n) is 11.3. The highest BCUT2D eigenvalue weighted by molar-refractivity contribution is 5.86. The van der Waals surface area contributed by atoms with Crippen molar-refractivity contribution in [1.29, 1.82) is 0 Å². The Labute approximate surface area is 187 Å². The first-order valence-corrected chi connectivity index (χ1v) is 11.3. The summed E-state index contributed by atoms with van der Waals surface area (Å²) in [5.74, 6) is 1.84. The number of anilines is 2. The monoisotopic (exact) mass is 437 g/mol. The van der Waals surface area contributed by atoms with Crippen LogP contribution in [0.2, 0.25) is 0 Å². The molecule has 0 aliphatic carbocycles. The number of nitrogen functional groups attached to an aromatic ring is 1. The highest BCUT2D eigenvalue weighted by Gasteiger charge is 2.48. The van der Waals surface area contributed by atoms with Gasteiger partial charge in [0.05, 0.1) is 33.1 Å². The molecule has 0 amide bonds. The minimum atomic E-state index is 0.249. The summed E-state index contributed by atoms with van der Waals surface area (Å²) in [5, 5.41) is 7.96. The van der Waals surface area contributed by atoms with Crippen LogP contribution in [-0.4, -0.2) is 64.6 Å². The van der Waals surface area contributed by atoms with Gasteiger partial charge in [-0.1, -0.05) is 25.5 Å². The van der Waals surface area contributed by atoms with Gasteiger partial charge in [-0.15, -0.1) is 0 Å². The number of rotatable bonds is 9. The molecule has 32 heavy (non-hydrogen) atoms. The quantitative estimate of drug-likeness (QED) is 0.492. The van der Waals surface area contributed by atoms with Crippen molar-refractivity contribution in [2.45, 2.75) is 32.9 Å². The second-order valence-electron chi connectivity index (χ2n) is 9.03. The van der Waals surface area contributed by atoms with Crippen molar-refractivity contribution < 1.29 is 9.47 Å². The van der Waals surface area contributed by atoms with Gasteiger partial charge in [0.15, 0.2) is 5.82 Å². The first-order chi connectivity index (χ1) is 15.6. The number of nitrogens with one attached hydrogen (secondary N) is 1. The Kier molecular flexibility index (Phi) is 5.60. The van der Waals surface area contributed by atoms with E-state index in [1.165, 1.54) is 5.56 Å². The summed E-state index contributed by atoms with van der Waals surface area (Å²) in [4.78, 5) is 11.2. The Morgan fingerprint density at radius 2 is 2.06 bits per heavy atom. The van der Waals surface area contributed by atoms with Crippen LogP contribution in [0.25, 0.3) is 11.0 Å². The summed E-state index contributed by atoms with van der Waals surface area (Å²) in [5.41, 5.74) is 10.2. The number of unbranched alkanes of at least 4 members (excludes halogenated alkanes) is 1. The molecule has 2 aliphatic heterocycles. The van der Waals surface area contributed by atoms with Crippen molar-refractivity contribution >= 4 is 22.8 Å². The summed E-state index contributed by atoms with van der Waals surface area (Å²) in [6, 6.07) is 6.45. The summed E-state index contributed by atoms with van der Waals surface area (Å²) in [6.07, 6.45) is 3.90. The van der Waals surface area contributed by atoms with Crippen LogP contribution >= 0.6 is 0 Å². The first kappa shape index (κ1) is 21.0. The Balaban J connectivity index is 1.35. The van der Waals surface area contributed by atoms with Crippen LogP contribution in [0.3, 0.4) is 0 Å². The molecule has 5 rings (SSSR count). The molecule has 1 aromatic carbocycles. The molecule has 0 bridgehead atoms. The van der Waals surface area contributed by atoms with Gasteiger partial charge in [0, 0.05) is 37.2 Å². The average molecular weight is 438 g/mol. The molecule has 0 atom stereocenters. The fraction of sp³-hybridized carbons (Fsp3) is 0.522. The van der Waals surface area contributed by atoms with Gasteiger partial charge in [-0.3, -0.25) is 9.58 Å². The third-order valence-electron chi connectivity index (χ3n) is 6.34. The van der Waals surface area contributed by atoms with Crippen LogP contribution in [0.15, 0.2) is 24.4 Å². The van der Waals surface area contributed by atoms with Gasteiger partial charge in [-0.05, 0) is 18.1 Å². The van der Waals surface area contributed by atoms with Crippen LogP contribution in [0.1, 0.15) is 30.9 Å². The van der Waals surface area contributed by atoms with E-state index in [2.05, 4.69) is 50.4 Å². The van der Waals surface area contributed by atoms with Gasteiger partial charge in [0.2, 0.25) is 5.95 Å². The summed E-state index contributed by atoms with van der Waals surface area (Å²) in [7, 11) is 1.72. The maximum Gasteiger partial charge on any atom is 0.222 e. The summed E-state index contributed by atoms with van der Waals surface area (Å²) < 4.78 is 13.0.